The van der Waals surface area contributed by atoms with Crippen LogP contribution in [0.25, 0.3) is 11.1 Å². The molecule has 1 nitrogen and oxygen atoms in total. The van der Waals surface area contributed by atoms with Crippen LogP contribution in [-0.2, 0) is 6.54 Å². The highest BCUT2D eigenvalue weighted by Gasteiger charge is 2.01. The number of hydrogen-bond donors (Lipinski definition) is 1. The summed E-state index contributed by atoms with van der Waals surface area (Å²) in [6.45, 7) is 2.91. The Labute approximate surface area is 115 Å². The van der Waals surface area contributed by atoms with Crippen molar-refractivity contribution in [1.82, 2.24) is 5.32 Å². The van der Waals surface area contributed by atoms with Crippen molar-refractivity contribution in [1.29, 1.82) is 0 Å². The van der Waals surface area contributed by atoms with Crippen LogP contribution in [0, 0.1) is 12.3 Å². The Morgan fingerprint density at radius 1 is 1.00 bits per heavy atom. The average molecular weight is 249 g/mol. The largest absolute Gasteiger partial charge is 0.300 e. The molecule has 0 saturated heterocycles. The van der Waals surface area contributed by atoms with E-state index in [0.717, 1.165) is 13.0 Å². The van der Waals surface area contributed by atoms with Crippen molar-refractivity contribution in [2.24, 2.45) is 0 Å². The van der Waals surface area contributed by atoms with Crippen molar-refractivity contribution in [3.8, 4) is 23.5 Å². The highest BCUT2D eigenvalue weighted by atomic mass is 14.9. The maximum Gasteiger partial charge on any atom is 0.0686 e. The number of hydrogen-bond acceptors (Lipinski definition) is 1. The molecule has 0 spiro atoms. The first-order valence-electron chi connectivity index (χ1n) is 6.67. The number of terminal acetylenes is 1. The SMILES string of the molecule is C#CC(CC)NCc1ccc(-c2ccccc2)cc1. The molecule has 0 saturated carbocycles. The highest BCUT2D eigenvalue weighted by Crippen LogP contribution is 2.19. The fourth-order valence-corrected chi connectivity index (χ4v) is 2.01. The second-order valence-electron chi connectivity index (χ2n) is 4.57. The van der Waals surface area contributed by atoms with Gasteiger partial charge in [-0.05, 0) is 23.1 Å². The van der Waals surface area contributed by atoms with Crippen molar-refractivity contribution in [2.45, 2.75) is 25.9 Å². The van der Waals surface area contributed by atoms with Gasteiger partial charge in [0.2, 0.25) is 0 Å². The molecule has 1 heteroatoms. The van der Waals surface area contributed by atoms with Crippen LogP contribution < -0.4 is 5.32 Å². The van der Waals surface area contributed by atoms with Gasteiger partial charge in [0.05, 0.1) is 6.04 Å². The van der Waals surface area contributed by atoms with E-state index in [-0.39, 0.29) is 6.04 Å². The maximum atomic E-state index is 5.44. The van der Waals surface area contributed by atoms with Gasteiger partial charge in [-0.3, -0.25) is 5.32 Å². The van der Waals surface area contributed by atoms with Crippen LogP contribution in [0.1, 0.15) is 18.9 Å². The van der Waals surface area contributed by atoms with E-state index in [0.29, 0.717) is 0 Å². The van der Waals surface area contributed by atoms with Gasteiger partial charge in [0.1, 0.15) is 0 Å². The minimum Gasteiger partial charge on any atom is -0.300 e. The zero-order valence-corrected chi connectivity index (χ0v) is 11.3. The summed E-state index contributed by atoms with van der Waals surface area (Å²) >= 11 is 0. The van der Waals surface area contributed by atoms with Gasteiger partial charge in [-0.15, -0.1) is 6.42 Å². The molecule has 1 atom stereocenters. The highest BCUT2D eigenvalue weighted by molar-refractivity contribution is 5.63. The van der Waals surface area contributed by atoms with E-state index in [1.807, 2.05) is 6.07 Å². The zero-order valence-electron chi connectivity index (χ0n) is 11.3. The minimum absolute atomic E-state index is 0.161. The van der Waals surface area contributed by atoms with E-state index in [4.69, 9.17) is 6.42 Å². The first kappa shape index (κ1) is 13.4. The average Bonchev–Trinajstić information content (AvgIpc) is 2.50. The van der Waals surface area contributed by atoms with Crippen LogP contribution in [0.2, 0.25) is 0 Å². The van der Waals surface area contributed by atoms with Gasteiger partial charge in [0, 0.05) is 6.54 Å². The summed E-state index contributed by atoms with van der Waals surface area (Å²) in [6, 6.07) is 19.2. The number of nitrogens with one attached hydrogen (secondary N) is 1. The third-order valence-electron chi connectivity index (χ3n) is 3.22. The topological polar surface area (TPSA) is 12.0 Å². The molecule has 0 aromatic heterocycles. The van der Waals surface area contributed by atoms with E-state index in [1.165, 1.54) is 16.7 Å². The van der Waals surface area contributed by atoms with Gasteiger partial charge in [-0.1, -0.05) is 67.4 Å². The molecule has 2 rings (SSSR count). The van der Waals surface area contributed by atoms with Gasteiger partial charge in [-0.25, -0.2) is 0 Å². The van der Waals surface area contributed by atoms with Crippen LogP contribution in [-0.4, -0.2) is 6.04 Å². The Balaban J connectivity index is 2.01. The second kappa shape index (κ2) is 6.78. The van der Waals surface area contributed by atoms with Gasteiger partial charge in [0.25, 0.3) is 0 Å². The molecule has 0 heterocycles. The zero-order chi connectivity index (χ0) is 13.5. The minimum atomic E-state index is 0.161. The van der Waals surface area contributed by atoms with Crippen molar-refractivity contribution < 1.29 is 0 Å². The molecule has 0 amide bonds. The number of benzene rings is 2. The molecule has 1 unspecified atom stereocenters. The lowest BCUT2D eigenvalue weighted by atomic mass is 10.0. The normalized spacial score (nSPS) is 11.8. The van der Waals surface area contributed by atoms with Crippen LogP contribution in [0.4, 0.5) is 0 Å². The molecule has 0 aliphatic rings. The lowest BCUT2D eigenvalue weighted by molar-refractivity contribution is 0.592. The molecular weight excluding hydrogens is 230 g/mol. The maximum absolute atomic E-state index is 5.44. The van der Waals surface area contributed by atoms with Crippen molar-refractivity contribution in [2.75, 3.05) is 0 Å². The fraction of sp³-hybridized carbons (Fsp3) is 0.222. The Morgan fingerprint density at radius 3 is 2.21 bits per heavy atom. The summed E-state index contributed by atoms with van der Waals surface area (Å²) in [5, 5.41) is 3.36. The molecule has 96 valence electrons. The molecule has 0 aliphatic carbocycles. The lowest BCUT2D eigenvalue weighted by Gasteiger charge is -2.11. The summed E-state index contributed by atoms with van der Waals surface area (Å²) in [4.78, 5) is 0. The second-order valence-corrected chi connectivity index (χ2v) is 4.57. The van der Waals surface area contributed by atoms with E-state index in [9.17, 15) is 0 Å². The van der Waals surface area contributed by atoms with Crippen molar-refractivity contribution in [3.63, 3.8) is 0 Å². The molecule has 0 aliphatic heterocycles. The Kier molecular flexibility index (Phi) is 4.78. The van der Waals surface area contributed by atoms with E-state index < -0.39 is 0 Å². The quantitative estimate of drug-likeness (QED) is 0.794. The van der Waals surface area contributed by atoms with Gasteiger partial charge in [-0.2, -0.15) is 0 Å². The molecule has 0 fully saturated rings. The standard InChI is InChI=1S/C18H19N/c1-3-18(4-2)19-14-15-10-12-17(13-11-15)16-8-6-5-7-9-16/h1,5-13,18-19H,4,14H2,2H3. The van der Waals surface area contributed by atoms with Crippen LogP contribution in [0.5, 0.6) is 0 Å². The van der Waals surface area contributed by atoms with Gasteiger partial charge < -0.3 is 0 Å². The monoisotopic (exact) mass is 249 g/mol. The molecule has 2 aromatic carbocycles. The predicted octanol–water partition coefficient (Wildman–Crippen LogP) is 3.86. The van der Waals surface area contributed by atoms with Crippen LogP contribution in [0.3, 0.4) is 0 Å². The molecular formula is C18H19N. The molecule has 2 aromatic rings. The summed E-state index contributed by atoms with van der Waals surface area (Å²) in [7, 11) is 0. The summed E-state index contributed by atoms with van der Waals surface area (Å²) in [5.41, 5.74) is 3.75. The van der Waals surface area contributed by atoms with Crippen LogP contribution >= 0.6 is 0 Å². The van der Waals surface area contributed by atoms with E-state index in [1.54, 1.807) is 0 Å². The van der Waals surface area contributed by atoms with Crippen LogP contribution in [0.15, 0.2) is 54.6 Å². The van der Waals surface area contributed by atoms with Crippen molar-refractivity contribution in [3.05, 3.63) is 60.2 Å². The molecule has 19 heavy (non-hydrogen) atoms. The van der Waals surface area contributed by atoms with E-state index >= 15 is 0 Å². The first-order valence-corrected chi connectivity index (χ1v) is 6.67. The number of rotatable bonds is 5. The Bertz CT molecular complexity index is 534. The molecule has 0 bridgehead atoms. The fourth-order valence-electron chi connectivity index (χ4n) is 2.01. The summed E-state index contributed by atoms with van der Waals surface area (Å²) in [5.74, 6) is 2.75. The lowest BCUT2D eigenvalue weighted by Crippen LogP contribution is -2.25. The Hall–Kier alpha value is -2.04. The predicted molar refractivity (Wildman–Crippen MR) is 81.6 cm³/mol. The summed E-state index contributed by atoms with van der Waals surface area (Å²) < 4.78 is 0. The third kappa shape index (κ3) is 3.71. The first-order chi connectivity index (χ1) is 9.33. The van der Waals surface area contributed by atoms with E-state index in [2.05, 4.69) is 66.7 Å². The third-order valence-corrected chi connectivity index (χ3v) is 3.22. The van der Waals surface area contributed by atoms with Gasteiger partial charge in [0.15, 0.2) is 0 Å². The summed E-state index contributed by atoms with van der Waals surface area (Å²) in [6.07, 6.45) is 6.39. The van der Waals surface area contributed by atoms with Gasteiger partial charge >= 0.3 is 0 Å². The van der Waals surface area contributed by atoms with Crippen molar-refractivity contribution >= 4 is 0 Å². The molecule has 1 N–H and O–H groups in total. The smallest absolute Gasteiger partial charge is 0.0686 e. The molecule has 0 radical (unpaired) electrons. The Morgan fingerprint density at radius 2 is 1.63 bits per heavy atom.